The summed E-state index contributed by atoms with van der Waals surface area (Å²) in [6.45, 7) is 12.0. The van der Waals surface area contributed by atoms with Crippen LogP contribution in [0.25, 0.3) is 0 Å². The maximum Gasteiger partial charge on any atom is 0.532 e. The van der Waals surface area contributed by atoms with Crippen LogP contribution in [0.1, 0.15) is 0 Å². The minimum absolute atomic E-state index is 0.760. The highest BCUT2D eigenvalue weighted by Crippen LogP contribution is 2.33. The standard InChI is InChI=1S/C18H28Cl4O4Si5/c1-27(2,3)23-30(19,20)25-29(17-13-9-7-10-14-17,18-15-11-8-12-16-18)26-31(21,22)24-28(4,5)6/h7-16H,1-6H3. The van der Waals surface area contributed by atoms with Gasteiger partial charge in [0.15, 0.2) is 16.6 Å². The maximum atomic E-state index is 6.71. The van der Waals surface area contributed by atoms with Crippen molar-refractivity contribution in [3.05, 3.63) is 60.7 Å². The zero-order chi connectivity index (χ0) is 23.6. The topological polar surface area (TPSA) is 36.9 Å². The second kappa shape index (κ2) is 10.4. The molecule has 0 aromatic heterocycles. The largest absolute Gasteiger partial charge is 0.532 e. The molecule has 2 rings (SSSR count). The molecule has 172 valence electrons. The van der Waals surface area contributed by atoms with Crippen molar-refractivity contribution in [3.63, 3.8) is 0 Å². The van der Waals surface area contributed by atoms with Crippen LogP contribution in [-0.4, -0.2) is 39.6 Å². The molecule has 4 nitrogen and oxygen atoms in total. The third kappa shape index (κ3) is 9.00. The molecule has 0 N–H and O–H groups in total. The first-order valence-electron chi connectivity index (χ1n) is 9.71. The summed E-state index contributed by atoms with van der Waals surface area (Å²) in [5.74, 6) is 0. The third-order valence-corrected chi connectivity index (χ3v) is 22.4. The van der Waals surface area contributed by atoms with Gasteiger partial charge in [-0.3, -0.25) is 0 Å². The van der Waals surface area contributed by atoms with E-state index < -0.39 is 39.6 Å². The van der Waals surface area contributed by atoms with Gasteiger partial charge in [-0.25, -0.2) is 0 Å². The molecule has 2 aromatic carbocycles. The molecule has 0 unspecified atom stereocenters. The zero-order valence-corrected chi connectivity index (χ0v) is 26.4. The molecule has 0 saturated heterocycles. The van der Waals surface area contributed by atoms with Gasteiger partial charge in [-0.15, -0.1) is 0 Å². The molecule has 0 heterocycles. The van der Waals surface area contributed by atoms with Gasteiger partial charge in [-0.1, -0.05) is 105 Å². The van der Waals surface area contributed by atoms with Crippen LogP contribution < -0.4 is 10.4 Å². The van der Waals surface area contributed by atoms with Crippen molar-refractivity contribution in [1.29, 1.82) is 0 Å². The molecule has 2 aromatic rings. The second-order valence-electron chi connectivity index (χ2n) is 8.91. The highest BCUT2D eigenvalue weighted by atomic mass is 35.7. The molecule has 0 spiro atoms. The lowest BCUT2D eigenvalue weighted by atomic mass is 10.4. The van der Waals surface area contributed by atoms with Crippen molar-refractivity contribution in [3.8, 4) is 0 Å². The number of rotatable bonds is 10. The lowest BCUT2D eigenvalue weighted by molar-refractivity contribution is 0.343. The van der Waals surface area contributed by atoms with Gasteiger partial charge >= 0.3 is 22.9 Å². The normalized spacial score (nSPS) is 14.0. The zero-order valence-electron chi connectivity index (χ0n) is 18.4. The lowest BCUT2D eigenvalue weighted by Crippen LogP contribution is -2.70. The van der Waals surface area contributed by atoms with E-state index in [1.807, 2.05) is 99.9 Å². The predicted octanol–water partition coefficient (Wildman–Crippen LogP) is 5.81. The molecule has 0 aliphatic carbocycles. The maximum absolute atomic E-state index is 6.71. The van der Waals surface area contributed by atoms with Crippen molar-refractivity contribution in [2.75, 3.05) is 0 Å². The average molecular weight is 591 g/mol. The Morgan fingerprint density at radius 2 is 0.774 bits per heavy atom. The number of halogens is 4. The Morgan fingerprint density at radius 1 is 0.484 bits per heavy atom. The van der Waals surface area contributed by atoms with E-state index in [1.165, 1.54) is 0 Å². The molecule has 0 bridgehead atoms. The molecule has 0 saturated carbocycles. The van der Waals surface area contributed by atoms with E-state index in [-0.39, 0.29) is 0 Å². The molecule has 0 aliphatic rings. The summed E-state index contributed by atoms with van der Waals surface area (Å²) in [4.78, 5) is 0. The quantitative estimate of drug-likeness (QED) is 0.259. The molecule has 13 heteroatoms. The third-order valence-electron chi connectivity index (χ3n) is 3.68. The molecule has 0 fully saturated rings. The van der Waals surface area contributed by atoms with E-state index in [9.17, 15) is 0 Å². The number of benzene rings is 2. The van der Waals surface area contributed by atoms with Gasteiger partial charge < -0.3 is 16.5 Å². The minimum atomic E-state index is -3.69. The monoisotopic (exact) mass is 588 g/mol. The predicted molar refractivity (Wildman–Crippen MR) is 144 cm³/mol. The van der Waals surface area contributed by atoms with E-state index in [4.69, 9.17) is 60.8 Å². The van der Waals surface area contributed by atoms with Gasteiger partial charge in [0, 0.05) is 0 Å². The van der Waals surface area contributed by atoms with Gasteiger partial charge in [-0.2, -0.15) is 0 Å². The Labute approximate surface area is 209 Å². The fraction of sp³-hybridized carbons (Fsp3) is 0.333. The summed E-state index contributed by atoms with van der Waals surface area (Å²) in [7, 11) is -15.3. The molecular weight excluding hydrogens is 562 g/mol. The van der Waals surface area contributed by atoms with Gasteiger partial charge in [0.05, 0.1) is 0 Å². The fourth-order valence-electron chi connectivity index (χ4n) is 2.83. The Morgan fingerprint density at radius 3 is 1.03 bits per heavy atom. The van der Waals surface area contributed by atoms with Crippen LogP contribution in [-0.2, 0) is 16.5 Å². The van der Waals surface area contributed by atoms with Crippen LogP contribution in [0.2, 0.25) is 39.3 Å². The van der Waals surface area contributed by atoms with Crippen LogP contribution in [0.15, 0.2) is 60.7 Å². The molecule has 31 heavy (non-hydrogen) atoms. The van der Waals surface area contributed by atoms with Crippen molar-refractivity contribution in [2.24, 2.45) is 0 Å². The first-order valence-corrected chi connectivity index (χ1v) is 26.0. The van der Waals surface area contributed by atoms with Gasteiger partial charge in [0.1, 0.15) is 0 Å². The second-order valence-corrected chi connectivity index (χ2v) is 32.0. The van der Waals surface area contributed by atoms with Crippen molar-refractivity contribution in [2.45, 2.75) is 39.3 Å². The first-order chi connectivity index (χ1) is 14.0. The summed E-state index contributed by atoms with van der Waals surface area (Å²) >= 11 is 26.9. The minimum Gasteiger partial charge on any atom is -0.414 e. The van der Waals surface area contributed by atoms with Crippen molar-refractivity contribution < 1.29 is 16.5 Å². The van der Waals surface area contributed by atoms with Crippen LogP contribution in [0.4, 0.5) is 0 Å². The average Bonchev–Trinajstić information content (AvgIpc) is 2.58. The van der Waals surface area contributed by atoms with E-state index in [0.29, 0.717) is 0 Å². The highest BCUT2D eigenvalue weighted by Gasteiger charge is 2.58. The van der Waals surface area contributed by atoms with Crippen LogP contribution in [0.5, 0.6) is 0 Å². The van der Waals surface area contributed by atoms with E-state index in [0.717, 1.165) is 10.4 Å². The molecule has 0 aliphatic heterocycles. The first kappa shape index (κ1) is 27.8. The van der Waals surface area contributed by atoms with Gasteiger partial charge in [0.2, 0.25) is 0 Å². The Bertz CT molecular complexity index is 774. The molecule has 0 radical (unpaired) electrons. The SMILES string of the molecule is C[Si](C)(C)O[Si](Cl)(Cl)O[Si](O[Si](Cl)(Cl)O[Si](C)(C)C)(c1ccccc1)c1ccccc1. The van der Waals surface area contributed by atoms with Gasteiger partial charge in [0.25, 0.3) is 0 Å². The van der Waals surface area contributed by atoms with Crippen molar-refractivity contribution in [1.82, 2.24) is 0 Å². The van der Waals surface area contributed by atoms with E-state index >= 15 is 0 Å². The molecule has 0 atom stereocenters. The Balaban J connectivity index is 2.68. The molecule has 0 amide bonds. The van der Waals surface area contributed by atoms with Crippen molar-refractivity contribution >= 4 is 94.2 Å². The number of hydrogen-bond donors (Lipinski definition) is 0. The summed E-state index contributed by atoms with van der Waals surface area (Å²) < 4.78 is 25.2. The van der Waals surface area contributed by atoms with E-state index in [1.54, 1.807) is 0 Å². The summed E-state index contributed by atoms with van der Waals surface area (Å²) in [5.41, 5.74) is 0. The summed E-state index contributed by atoms with van der Waals surface area (Å²) in [6.07, 6.45) is 0. The Kier molecular flexibility index (Phi) is 9.34. The van der Waals surface area contributed by atoms with Crippen LogP contribution >= 0.6 is 44.3 Å². The molecular formula is C18H28Cl4O4Si5. The number of hydrogen-bond acceptors (Lipinski definition) is 4. The lowest BCUT2D eigenvalue weighted by Gasteiger charge is -2.40. The highest BCUT2D eigenvalue weighted by molar-refractivity contribution is 7.44. The smallest absolute Gasteiger partial charge is 0.414 e. The summed E-state index contributed by atoms with van der Waals surface area (Å²) in [5, 5.41) is 1.52. The van der Waals surface area contributed by atoms with Crippen LogP contribution in [0, 0.1) is 0 Å². The van der Waals surface area contributed by atoms with E-state index in [2.05, 4.69) is 0 Å². The fourth-order valence-corrected chi connectivity index (χ4v) is 28.6. The summed E-state index contributed by atoms with van der Waals surface area (Å²) in [6, 6.07) is 19.0. The van der Waals surface area contributed by atoms with Gasteiger partial charge in [-0.05, 0) is 49.7 Å². The van der Waals surface area contributed by atoms with Crippen LogP contribution in [0.3, 0.4) is 0 Å². The Hall–Kier alpha value is 0.524.